The molecule has 1 heterocycles. The molecule has 19 heavy (non-hydrogen) atoms. The molecule has 2 nitrogen and oxygen atoms in total. The molecule has 0 saturated carbocycles. The van der Waals surface area contributed by atoms with Gasteiger partial charge in [-0.05, 0) is 30.8 Å². The second-order valence-corrected chi connectivity index (χ2v) is 4.77. The van der Waals surface area contributed by atoms with Crippen molar-refractivity contribution in [3.8, 4) is 5.75 Å². The molecule has 1 aliphatic rings. The van der Waals surface area contributed by atoms with E-state index in [2.05, 4.69) is 11.4 Å². The van der Waals surface area contributed by atoms with Crippen molar-refractivity contribution in [1.29, 1.82) is 0 Å². The summed E-state index contributed by atoms with van der Waals surface area (Å²) in [6, 6.07) is 14.9. The quantitative estimate of drug-likeness (QED) is 0.887. The molecule has 1 N–H and O–H groups in total. The summed E-state index contributed by atoms with van der Waals surface area (Å²) < 4.78 is 19.0. The van der Waals surface area contributed by atoms with Crippen LogP contribution in [-0.2, 0) is 0 Å². The highest BCUT2D eigenvalue weighted by Gasteiger charge is 2.27. The number of halogens is 1. The van der Waals surface area contributed by atoms with Crippen molar-refractivity contribution in [3.05, 3.63) is 65.5 Å². The van der Waals surface area contributed by atoms with Crippen molar-refractivity contribution in [2.45, 2.75) is 18.6 Å². The molecule has 2 aromatic carbocycles. The van der Waals surface area contributed by atoms with Crippen LogP contribution in [0.1, 0.15) is 29.7 Å². The fraction of sp³-hybridized carbons (Fsp3) is 0.250. The Bertz CT molecular complexity index is 567. The van der Waals surface area contributed by atoms with E-state index < -0.39 is 0 Å². The lowest BCUT2D eigenvalue weighted by molar-refractivity contribution is 0.154. The summed E-state index contributed by atoms with van der Waals surface area (Å²) in [7, 11) is 1.95. The van der Waals surface area contributed by atoms with Gasteiger partial charge in [-0.25, -0.2) is 4.39 Å². The van der Waals surface area contributed by atoms with Crippen molar-refractivity contribution in [2.24, 2.45) is 0 Å². The molecule has 98 valence electrons. The smallest absolute Gasteiger partial charge is 0.126 e. The van der Waals surface area contributed by atoms with E-state index >= 15 is 0 Å². The Morgan fingerprint density at radius 3 is 2.58 bits per heavy atom. The number of rotatable bonds is 2. The van der Waals surface area contributed by atoms with Gasteiger partial charge in [0.05, 0.1) is 0 Å². The predicted molar refractivity (Wildman–Crippen MR) is 72.6 cm³/mol. The minimum Gasteiger partial charge on any atom is -0.485 e. The number of para-hydroxylation sites is 1. The van der Waals surface area contributed by atoms with E-state index in [1.165, 1.54) is 17.7 Å². The van der Waals surface area contributed by atoms with E-state index in [1.54, 1.807) is 12.1 Å². The summed E-state index contributed by atoms with van der Waals surface area (Å²) >= 11 is 0. The van der Waals surface area contributed by atoms with Gasteiger partial charge in [-0.1, -0.05) is 30.3 Å². The van der Waals surface area contributed by atoms with Crippen molar-refractivity contribution in [3.63, 3.8) is 0 Å². The minimum atomic E-state index is -0.217. The number of nitrogens with one attached hydrogen (secondary N) is 1. The van der Waals surface area contributed by atoms with Gasteiger partial charge < -0.3 is 10.1 Å². The first-order valence-electron chi connectivity index (χ1n) is 6.46. The van der Waals surface area contributed by atoms with E-state index in [1.807, 2.05) is 25.2 Å². The normalized spacial score (nSPS) is 21.6. The van der Waals surface area contributed by atoms with Gasteiger partial charge in [-0.3, -0.25) is 0 Å². The van der Waals surface area contributed by atoms with Crippen LogP contribution in [0.25, 0.3) is 0 Å². The monoisotopic (exact) mass is 257 g/mol. The summed E-state index contributed by atoms with van der Waals surface area (Å²) in [5.41, 5.74) is 2.19. The van der Waals surface area contributed by atoms with Gasteiger partial charge in [-0.15, -0.1) is 0 Å². The van der Waals surface area contributed by atoms with Crippen LogP contribution >= 0.6 is 0 Å². The van der Waals surface area contributed by atoms with Crippen LogP contribution in [0.4, 0.5) is 4.39 Å². The molecule has 0 aromatic heterocycles. The summed E-state index contributed by atoms with van der Waals surface area (Å²) in [6.45, 7) is 0. The third-order valence-electron chi connectivity index (χ3n) is 3.60. The maximum Gasteiger partial charge on any atom is 0.126 e. The molecule has 0 fully saturated rings. The van der Waals surface area contributed by atoms with E-state index in [4.69, 9.17) is 4.74 Å². The zero-order valence-electron chi connectivity index (χ0n) is 10.8. The lowest BCUT2D eigenvalue weighted by atomic mass is 9.93. The second kappa shape index (κ2) is 5.02. The van der Waals surface area contributed by atoms with E-state index in [0.717, 1.165) is 17.7 Å². The van der Waals surface area contributed by atoms with Gasteiger partial charge in [0.2, 0.25) is 0 Å². The Hall–Kier alpha value is -1.87. The number of ether oxygens (including phenoxy) is 1. The average Bonchev–Trinajstić information content (AvgIpc) is 2.47. The molecule has 0 amide bonds. The lowest BCUT2D eigenvalue weighted by Gasteiger charge is -2.32. The summed E-state index contributed by atoms with van der Waals surface area (Å²) in [6.07, 6.45) is 0.812. The van der Waals surface area contributed by atoms with Gasteiger partial charge in [0.15, 0.2) is 0 Å². The number of hydrogen-bond donors (Lipinski definition) is 1. The van der Waals surface area contributed by atoms with Crippen molar-refractivity contribution < 1.29 is 9.13 Å². The van der Waals surface area contributed by atoms with Crippen LogP contribution in [0, 0.1) is 5.82 Å². The molecular formula is C16H16FNO. The third-order valence-corrected chi connectivity index (χ3v) is 3.60. The van der Waals surface area contributed by atoms with Crippen molar-refractivity contribution >= 4 is 0 Å². The maximum atomic E-state index is 13.0. The zero-order chi connectivity index (χ0) is 13.2. The number of benzene rings is 2. The minimum absolute atomic E-state index is 0.0343. The Labute approximate surface area is 112 Å². The van der Waals surface area contributed by atoms with Gasteiger partial charge >= 0.3 is 0 Å². The fourth-order valence-electron chi connectivity index (χ4n) is 2.57. The fourth-order valence-corrected chi connectivity index (χ4v) is 2.57. The molecule has 0 aliphatic carbocycles. The first-order chi connectivity index (χ1) is 9.28. The molecule has 1 aliphatic heterocycles. The SMILES string of the molecule is CNC1CC(c2ccc(F)cc2)Oc2ccccc21. The summed E-state index contributed by atoms with van der Waals surface area (Å²) in [5.74, 6) is 0.688. The Morgan fingerprint density at radius 1 is 1.11 bits per heavy atom. The van der Waals surface area contributed by atoms with E-state index in [-0.39, 0.29) is 18.0 Å². The maximum absolute atomic E-state index is 13.0. The first kappa shape index (κ1) is 12.2. The number of fused-ring (bicyclic) bond motifs is 1. The molecule has 3 heteroatoms. The Balaban J connectivity index is 1.93. The molecule has 2 aromatic rings. The molecule has 0 spiro atoms. The second-order valence-electron chi connectivity index (χ2n) is 4.77. The molecule has 0 radical (unpaired) electrons. The Morgan fingerprint density at radius 2 is 1.84 bits per heavy atom. The highest BCUT2D eigenvalue weighted by molar-refractivity contribution is 5.39. The highest BCUT2D eigenvalue weighted by Crippen LogP contribution is 2.40. The van der Waals surface area contributed by atoms with E-state index in [0.29, 0.717) is 0 Å². The summed E-state index contributed by atoms with van der Waals surface area (Å²) in [4.78, 5) is 0. The van der Waals surface area contributed by atoms with Gasteiger partial charge in [0.25, 0.3) is 0 Å². The van der Waals surface area contributed by atoms with Gasteiger partial charge in [0, 0.05) is 18.0 Å². The molecule has 2 unspecified atom stereocenters. The molecule has 0 saturated heterocycles. The van der Waals surface area contributed by atoms with Crippen LogP contribution in [0.3, 0.4) is 0 Å². The van der Waals surface area contributed by atoms with Crippen LogP contribution < -0.4 is 10.1 Å². The largest absolute Gasteiger partial charge is 0.485 e. The molecular weight excluding hydrogens is 241 g/mol. The topological polar surface area (TPSA) is 21.3 Å². The Kier molecular flexibility index (Phi) is 3.22. The zero-order valence-corrected chi connectivity index (χ0v) is 10.8. The van der Waals surface area contributed by atoms with Crippen molar-refractivity contribution in [1.82, 2.24) is 5.32 Å². The molecule has 0 bridgehead atoms. The van der Waals surface area contributed by atoms with Crippen LogP contribution in [0.2, 0.25) is 0 Å². The van der Waals surface area contributed by atoms with E-state index in [9.17, 15) is 4.39 Å². The van der Waals surface area contributed by atoms with Crippen LogP contribution in [-0.4, -0.2) is 7.05 Å². The van der Waals surface area contributed by atoms with Gasteiger partial charge in [0.1, 0.15) is 17.7 Å². The average molecular weight is 257 g/mol. The predicted octanol–water partition coefficient (Wildman–Crippen LogP) is 3.61. The van der Waals surface area contributed by atoms with Crippen LogP contribution in [0.5, 0.6) is 5.75 Å². The van der Waals surface area contributed by atoms with Crippen LogP contribution in [0.15, 0.2) is 48.5 Å². The number of hydrogen-bond acceptors (Lipinski definition) is 2. The van der Waals surface area contributed by atoms with Gasteiger partial charge in [-0.2, -0.15) is 0 Å². The first-order valence-corrected chi connectivity index (χ1v) is 6.46. The molecule has 2 atom stereocenters. The lowest BCUT2D eigenvalue weighted by Crippen LogP contribution is -2.26. The molecule has 3 rings (SSSR count). The standard InChI is InChI=1S/C16H16FNO/c1-18-14-10-16(11-6-8-12(17)9-7-11)19-15-5-3-2-4-13(14)15/h2-9,14,16,18H,10H2,1H3. The highest BCUT2D eigenvalue weighted by atomic mass is 19.1. The third kappa shape index (κ3) is 2.34. The van der Waals surface area contributed by atoms with Crippen molar-refractivity contribution in [2.75, 3.05) is 7.05 Å². The summed E-state index contributed by atoms with van der Waals surface area (Å²) in [5, 5.41) is 3.32.